The van der Waals surface area contributed by atoms with Gasteiger partial charge in [-0.3, -0.25) is 0 Å². The number of rotatable bonds is 9. The van der Waals surface area contributed by atoms with Crippen molar-refractivity contribution in [3.8, 4) is 34.5 Å². The monoisotopic (exact) mass is 570 g/mol. The van der Waals surface area contributed by atoms with Gasteiger partial charge in [0, 0.05) is 40.8 Å². The van der Waals surface area contributed by atoms with E-state index in [1.54, 1.807) is 0 Å². The van der Waals surface area contributed by atoms with Gasteiger partial charge in [-0.2, -0.15) is 15.0 Å². The van der Waals surface area contributed by atoms with E-state index in [0.29, 0.717) is 37.5 Å². The molecule has 0 N–H and O–H groups in total. The summed E-state index contributed by atoms with van der Waals surface area (Å²) in [6.07, 6.45) is 0. The van der Waals surface area contributed by atoms with E-state index in [1.807, 2.05) is 90.4 Å². The first kappa shape index (κ1) is 25.8. The van der Waals surface area contributed by atoms with Crippen molar-refractivity contribution in [1.29, 1.82) is 0 Å². The fourth-order valence-electron chi connectivity index (χ4n) is 5.01. The van der Waals surface area contributed by atoms with Crippen molar-refractivity contribution < 1.29 is 28.4 Å². The average molecular weight is 571 g/mol. The standard InChI is InChI=1S/C30H30N6O6/c1-34(13-19-4-7-22-25(10-19)40-16-37-22)28-31-29(35(2)14-20-5-8-23-26(11-20)41-17-38-23)33-30(32-28)36(3)15-21-6-9-24-27(12-21)42-18-39-24/h4-12H,13-18H2,1-3H3. The van der Waals surface area contributed by atoms with Gasteiger partial charge in [0.05, 0.1) is 0 Å². The van der Waals surface area contributed by atoms with Gasteiger partial charge in [0.15, 0.2) is 34.5 Å². The van der Waals surface area contributed by atoms with Crippen molar-refractivity contribution in [2.75, 3.05) is 56.2 Å². The van der Waals surface area contributed by atoms with E-state index >= 15 is 0 Å². The molecular formula is C30H30N6O6. The van der Waals surface area contributed by atoms with Crippen molar-refractivity contribution in [3.05, 3.63) is 71.3 Å². The SMILES string of the molecule is CN(Cc1ccc2c(c1)OCO2)c1nc(N(C)Cc2ccc3c(c2)OCO3)nc(N(C)Cc2ccc3c(c2)OCO3)n1. The molecule has 0 bridgehead atoms. The van der Waals surface area contributed by atoms with Crippen LogP contribution >= 0.6 is 0 Å². The Labute approximate surface area is 242 Å². The molecule has 0 fully saturated rings. The van der Waals surface area contributed by atoms with E-state index in [-0.39, 0.29) is 20.4 Å². The molecule has 3 aromatic carbocycles. The molecule has 1 aromatic heterocycles. The zero-order valence-corrected chi connectivity index (χ0v) is 23.6. The summed E-state index contributed by atoms with van der Waals surface area (Å²) in [5.41, 5.74) is 3.15. The first-order chi connectivity index (χ1) is 20.5. The normalized spacial score (nSPS) is 13.8. The molecule has 7 rings (SSSR count). The summed E-state index contributed by atoms with van der Waals surface area (Å²) in [7, 11) is 5.88. The van der Waals surface area contributed by atoms with Crippen LogP contribution in [0.15, 0.2) is 54.6 Å². The van der Waals surface area contributed by atoms with Crippen molar-refractivity contribution in [3.63, 3.8) is 0 Å². The van der Waals surface area contributed by atoms with E-state index in [2.05, 4.69) is 0 Å². The minimum absolute atomic E-state index is 0.236. The van der Waals surface area contributed by atoms with E-state index in [1.165, 1.54) is 0 Å². The third kappa shape index (κ3) is 5.18. The lowest BCUT2D eigenvalue weighted by Gasteiger charge is -2.25. The minimum Gasteiger partial charge on any atom is -0.454 e. The summed E-state index contributed by atoms with van der Waals surface area (Å²) < 4.78 is 33.1. The predicted molar refractivity (Wildman–Crippen MR) is 154 cm³/mol. The summed E-state index contributed by atoms with van der Waals surface area (Å²) in [6.45, 7) is 2.41. The summed E-state index contributed by atoms with van der Waals surface area (Å²) in [6, 6.07) is 17.8. The molecule has 4 aromatic rings. The summed E-state index contributed by atoms with van der Waals surface area (Å²) in [5.74, 6) is 6.11. The Morgan fingerprint density at radius 1 is 0.452 bits per heavy atom. The molecule has 0 spiro atoms. The van der Waals surface area contributed by atoms with Crippen molar-refractivity contribution in [2.24, 2.45) is 0 Å². The first-order valence-electron chi connectivity index (χ1n) is 13.5. The van der Waals surface area contributed by atoms with Crippen LogP contribution in [0.3, 0.4) is 0 Å². The van der Waals surface area contributed by atoms with Crippen LogP contribution in [-0.2, 0) is 19.6 Å². The summed E-state index contributed by atoms with van der Waals surface area (Å²) in [4.78, 5) is 20.6. The molecule has 216 valence electrons. The topological polar surface area (TPSA) is 104 Å². The maximum Gasteiger partial charge on any atom is 0.232 e. The lowest BCUT2D eigenvalue weighted by molar-refractivity contribution is 0.173. The smallest absolute Gasteiger partial charge is 0.232 e. The van der Waals surface area contributed by atoms with Gasteiger partial charge in [0.2, 0.25) is 38.2 Å². The van der Waals surface area contributed by atoms with E-state index < -0.39 is 0 Å². The van der Waals surface area contributed by atoms with Crippen LogP contribution in [-0.4, -0.2) is 56.5 Å². The Morgan fingerprint density at radius 2 is 0.738 bits per heavy atom. The van der Waals surface area contributed by atoms with Gasteiger partial charge in [-0.05, 0) is 53.1 Å². The van der Waals surface area contributed by atoms with Crippen LogP contribution < -0.4 is 43.1 Å². The number of hydrogen-bond acceptors (Lipinski definition) is 12. The first-order valence-corrected chi connectivity index (χ1v) is 13.5. The highest BCUT2D eigenvalue weighted by Gasteiger charge is 2.21. The number of anilines is 3. The molecule has 0 saturated heterocycles. The average Bonchev–Trinajstić information content (AvgIpc) is 3.77. The molecule has 42 heavy (non-hydrogen) atoms. The van der Waals surface area contributed by atoms with Gasteiger partial charge in [-0.15, -0.1) is 0 Å². The molecule has 0 aliphatic carbocycles. The number of benzene rings is 3. The maximum atomic E-state index is 5.57. The number of ether oxygens (including phenoxy) is 6. The van der Waals surface area contributed by atoms with Gasteiger partial charge >= 0.3 is 0 Å². The van der Waals surface area contributed by atoms with Crippen LogP contribution in [0.1, 0.15) is 16.7 Å². The highest BCUT2D eigenvalue weighted by Crippen LogP contribution is 2.35. The second kappa shape index (κ2) is 10.7. The lowest BCUT2D eigenvalue weighted by Crippen LogP contribution is -2.27. The molecule has 3 aliphatic rings. The van der Waals surface area contributed by atoms with Crippen LogP contribution in [0.2, 0.25) is 0 Å². The Bertz CT molecular complexity index is 1430. The fraction of sp³-hybridized carbons (Fsp3) is 0.300. The molecule has 4 heterocycles. The highest BCUT2D eigenvalue weighted by molar-refractivity contribution is 5.51. The fourth-order valence-corrected chi connectivity index (χ4v) is 5.01. The number of nitrogens with zero attached hydrogens (tertiary/aromatic N) is 6. The number of aromatic nitrogens is 3. The third-order valence-electron chi connectivity index (χ3n) is 7.19. The number of hydrogen-bond donors (Lipinski definition) is 0. The van der Waals surface area contributed by atoms with E-state index in [4.69, 9.17) is 43.4 Å². The Kier molecular flexibility index (Phi) is 6.57. The highest BCUT2D eigenvalue weighted by atomic mass is 16.7. The Balaban J connectivity index is 1.16. The molecule has 12 heteroatoms. The maximum absolute atomic E-state index is 5.57. The molecule has 0 unspecified atom stereocenters. The second-order valence-corrected chi connectivity index (χ2v) is 10.4. The predicted octanol–water partition coefficient (Wildman–Crippen LogP) is 3.97. The molecule has 0 radical (unpaired) electrons. The van der Waals surface area contributed by atoms with Crippen LogP contribution in [0.25, 0.3) is 0 Å². The molecular weight excluding hydrogens is 540 g/mol. The second-order valence-electron chi connectivity index (χ2n) is 10.4. The van der Waals surface area contributed by atoms with Crippen LogP contribution in [0, 0.1) is 0 Å². The van der Waals surface area contributed by atoms with Gasteiger partial charge in [-0.1, -0.05) is 18.2 Å². The van der Waals surface area contributed by atoms with Gasteiger partial charge in [-0.25, -0.2) is 0 Å². The van der Waals surface area contributed by atoms with E-state index in [9.17, 15) is 0 Å². The Morgan fingerprint density at radius 3 is 1.05 bits per heavy atom. The van der Waals surface area contributed by atoms with Crippen LogP contribution in [0.5, 0.6) is 34.5 Å². The summed E-state index contributed by atoms with van der Waals surface area (Å²) >= 11 is 0. The van der Waals surface area contributed by atoms with Gasteiger partial charge in [0.25, 0.3) is 0 Å². The quantitative estimate of drug-likeness (QED) is 0.291. The zero-order valence-electron chi connectivity index (χ0n) is 23.6. The van der Waals surface area contributed by atoms with Crippen LogP contribution in [0.4, 0.5) is 17.8 Å². The van der Waals surface area contributed by atoms with Crippen molar-refractivity contribution in [1.82, 2.24) is 15.0 Å². The van der Waals surface area contributed by atoms with Crippen molar-refractivity contribution in [2.45, 2.75) is 19.6 Å². The molecule has 3 aliphatic heterocycles. The lowest BCUT2D eigenvalue weighted by atomic mass is 10.2. The molecule has 12 nitrogen and oxygen atoms in total. The summed E-state index contributed by atoms with van der Waals surface area (Å²) in [5, 5.41) is 0. The largest absolute Gasteiger partial charge is 0.454 e. The molecule has 0 atom stereocenters. The third-order valence-corrected chi connectivity index (χ3v) is 7.19. The van der Waals surface area contributed by atoms with Gasteiger partial charge < -0.3 is 43.1 Å². The molecule has 0 saturated carbocycles. The van der Waals surface area contributed by atoms with Crippen molar-refractivity contribution >= 4 is 17.8 Å². The minimum atomic E-state index is 0.236. The zero-order chi connectivity index (χ0) is 28.6. The molecule has 0 amide bonds. The van der Waals surface area contributed by atoms with E-state index in [0.717, 1.165) is 51.2 Å². The van der Waals surface area contributed by atoms with Gasteiger partial charge in [0.1, 0.15) is 0 Å². The number of fused-ring (bicyclic) bond motifs is 3. The Hall–Kier alpha value is -5.13.